The van der Waals surface area contributed by atoms with Crippen LogP contribution in [0.3, 0.4) is 0 Å². The SMILES string of the molecule is Cc1nn(C)cc1CN1CC(c2ccccc2)C(C)(C)C1. The van der Waals surface area contributed by atoms with Crippen LogP contribution in [0.4, 0.5) is 0 Å². The minimum Gasteiger partial charge on any atom is -0.298 e. The van der Waals surface area contributed by atoms with Crippen molar-refractivity contribution >= 4 is 0 Å². The summed E-state index contributed by atoms with van der Waals surface area (Å²) in [6.45, 7) is 10.2. The Morgan fingerprint density at radius 3 is 2.57 bits per heavy atom. The van der Waals surface area contributed by atoms with Gasteiger partial charge in [-0.05, 0) is 17.9 Å². The third-order valence-corrected chi connectivity index (χ3v) is 4.73. The average Bonchev–Trinajstić information content (AvgIpc) is 2.90. The molecule has 112 valence electrons. The molecule has 3 rings (SSSR count). The molecule has 21 heavy (non-hydrogen) atoms. The van der Waals surface area contributed by atoms with E-state index in [9.17, 15) is 0 Å². The van der Waals surface area contributed by atoms with Crippen molar-refractivity contribution in [3.63, 3.8) is 0 Å². The lowest BCUT2D eigenvalue weighted by Crippen LogP contribution is -2.23. The van der Waals surface area contributed by atoms with Crippen molar-refractivity contribution in [2.45, 2.75) is 33.2 Å². The predicted molar refractivity (Wildman–Crippen MR) is 86.2 cm³/mol. The van der Waals surface area contributed by atoms with Crippen molar-refractivity contribution in [1.82, 2.24) is 14.7 Å². The molecule has 2 heterocycles. The van der Waals surface area contributed by atoms with Crippen LogP contribution in [-0.4, -0.2) is 27.8 Å². The second kappa shape index (κ2) is 5.30. The summed E-state index contributed by atoms with van der Waals surface area (Å²) in [5.74, 6) is 0.607. The molecule has 1 aromatic heterocycles. The Morgan fingerprint density at radius 1 is 1.24 bits per heavy atom. The van der Waals surface area contributed by atoms with Gasteiger partial charge in [0.25, 0.3) is 0 Å². The molecule has 0 radical (unpaired) electrons. The van der Waals surface area contributed by atoms with Gasteiger partial charge in [-0.2, -0.15) is 5.10 Å². The van der Waals surface area contributed by atoms with Crippen LogP contribution >= 0.6 is 0 Å². The first-order chi connectivity index (χ1) is 9.95. The fraction of sp³-hybridized carbons (Fsp3) is 0.500. The Balaban J connectivity index is 1.77. The molecule has 0 N–H and O–H groups in total. The number of likely N-dealkylation sites (tertiary alicyclic amines) is 1. The van der Waals surface area contributed by atoms with E-state index in [4.69, 9.17) is 0 Å². The molecule has 1 unspecified atom stereocenters. The third kappa shape index (κ3) is 2.88. The highest BCUT2D eigenvalue weighted by Gasteiger charge is 2.39. The van der Waals surface area contributed by atoms with Crippen molar-refractivity contribution < 1.29 is 0 Å². The van der Waals surface area contributed by atoms with Gasteiger partial charge < -0.3 is 0 Å². The van der Waals surface area contributed by atoms with Crippen LogP contribution in [0.5, 0.6) is 0 Å². The molecule has 1 aliphatic rings. The maximum Gasteiger partial charge on any atom is 0.0638 e. The Kier molecular flexibility index (Phi) is 3.62. The fourth-order valence-corrected chi connectivity index (χ4v) is 3.66. The molecular formula is C18H25N3. The van der Waals surface area contributed by atoms with Crippen molar-refractivity contribution in [2.24, 2.45) is 12.5 Å². The van der Waals surface area contributed by atoms with Crippen LogP contribution in [0, 0.1) is 12.3 Å². The van der Waals surface area contributed by atoms with E-state index in [0.29, 0.717) is 11.3 Å². The number of hydrogen-bond donors (Lipinski definition) is 0. The number of aryl methyl sites for hydroxylation is 2. The second-order valence-electron chi connectivity index (χ2n) is 7.03. The lowest BCUT2D eigenvalue weighted by molar-refractivity contribution is 0.281. The van der Waals surface area contributed by atoms with Crippen molar-refractivity contribution in [3.8, 4) is 0 Å². The van der Waals surface area contributed by atoms with E-state index < -0.39 is 0 Å². The molecule has 1 fully saturated rings. The number of nitrogens with zero attached hydrogens (tertiary/aromatic N) is 3. The van der Waals surface area contributed by atoms with E-state index in [1.165, 1.54) is 11.1 Å². The smallest absolute Gasteiger partial charge is 0.0638 e. The maximum atomic E-state index is 4.46. The van der Waals surface area contributed by atoms with E-state index in [1.54, 1.807) is 0 Å². The average molecular weight is 283 g/mol. The summed E-state index contributed by atoms with van der Waals surface area (Å²) in [5, 5.41) is 4.46. The summed E-state index contributed by atoms with van der Waals surface area (Å²) in [4.78, 5) is 2.57. The van der Waals surface area contributed by atoms with Crippen LogP contribution in [0.15, 0.2) is 36.5 Å². The monoisotopic (exact) mass is 283 g/mol. The zero-order valence-electron chi connectivity index (χ0n) is 13.5. The van der Waals surface area contributed by atoms with Gasteiger partial charge >= 0.3 is 0 Å². The van der Waals surface area contributed by atoms with Gasteiger partial charge in [0.2, 0.25) is 0 Å². The molecule has 0 aliphatic carbocycles. The lowest BCUT2D eigenvalue weighted by Gasteiger charge is -2.26. The third-order valence-electron chi connectivity index (χ3n) is 4.73. The molecule has 1 aromatic carbocycles. The quantitative estimate of drug-likeness (QED) is 0.861. The molecule has 1 saturated heterocycles. The van der Waals surface area contributed by atoms with Gasteiger partial charge in [0.05, 0.1) is 5.69 Å². The summed E-state index contributed by atoms with van der Waals surface area (Å²) < 4.78 is 1.92. The van der Waals surface area contributed by atoms with Crippen LogP contribution in [-0.2, 0) is 13.6 Å². The molecular weight excluding hydrogens is 258 g/mol. The topological polar surface area (TPSA) is 21.1 Å². The molecule has 3 nitrogen and oxygen atoms in total. The van der Waals surface area contributed by atoms with E-state index >= 15 is 0 Å². The Labute approximate surface area is 127 Å². The first-order valence-electron chi connectivity index (χ1n) is 7.72. The molecule has 3 heteroatoms. The number of rotatable bonds is 3. The van der Waals surface area contributed by atoms with E-state index in [1.807, 2.05) is 11.7 Å². The van der Waals surface area contributed by atoms with E-state index in [0.717, 1.165) is 25.3 Å². The standard InChI is InChI=1S/C18H25N3/c1-14-16(10-20(4)19-14)11-21-12-17(18(2,3)13-21)15-8-6-5-7-9-15/h5-10,17H,11-13H2,1-4H3. The maximum absolute atomic E-state index is 4.46. The van der Waals surface area contributed by atoms with Gasteiger partial charge in [-0.25, -0.2) is 0 Å². The summed E-state index contributed by atoms with van der Waals surface area (Å²) in [7, 11) is 2.00. The first-order valence-corrected chi connectivity index (χ1v) is 7.72. The highest BCUT2D eigenvalue weighted by molar-refractivity contribution is 5.25. The van der Waals surface area contributed by atoms with Gasteiger partial charge in [0, 0.05) is 44.4 Å². The Morgan fingerprint density at radius 2 is 1.95 bits per heavy atom. The minimum atomic E-state index is 0.317. The highest BCUT2D eigenvalue weighted by atomic mass is 15.3. The van der Waals surface area contributed by atoms with Crippen LogP contribution in [0.2, 0.25) is 0 Å². The summed E-state index contributed by atoms with van der Waals surface area (Å²) in [5.41, 5.74) is 4.28. The van der Waals surface area contributed by atoms with E-state index in [2.05, 4.69) is 67.3 Å². The van der Waals surface area contributed by atoms with Crippen molar-refractivity contribution in [3.05, 3.63) is 53.3 Å². The highest BCUT2D eigenvalue weighted by Crippen LogP contribution is 2.42. The molecule has 0 saturated carbocycles. The Hall–Kier alpha value is -1.61. The molecule has 1 atom stereocenters. The summed E-state index contributed by atoms with van der Waals surface area (Å²) >= 11 is 0. The van der Waals surface area contributed by atoms with Crippen molar-refractivity contribution in [1.29, 1.82) is 0 Å². The van der Waals surface area contributed by atoms with Crippen molar-refractivity contribution in [2.75, 3.05) is 13.1 Å². The summed E-state index contributed by atoms with van der Waals surface area (Å²) in [6, 6.07) is 10.9. The first kappa shape index (κ1) is 14.3. The fourth-order valence-electron chi connectivity index (χ4n) is 3.66. The van der Waals surface area contributed by atoms with Gasteiger partial charge in [-0.3, -0.25) is 9.58 Å². The molecule has 0 spiro atoms. The second-order valence-corrected chi connectivity index (χ2v) is 7.03. The van der Waals surface area contributed by atoms with Crippen LogP contribution in [0.25, 0.3) is 0 Å². The minimum absolute atomic E-state index is 0.317. The number of benzene rings is 1. The normalized spacial score (nSPS) is 21.8. The molecule has 1 aliphatic heterocycles. The van der Waals surface area contributed by atoms with Crippen LogP contribution < -0.4 is 0 Å². The zero-order chi connectivity index (χ0) is 15.0. The van der Waals surface area contributed by atoms with Gasteiger partial charge in [-0.1, -0.05) is 44.2 Å². The van der Waals surface area contributed by atoms with Gasteiger partial charge in [0.1, 0.15) is 0 Å². The molecule has 2 aromatic rings. The van der Waals surface area contributed by atoms with Crippen LogP contribution in [0.1, 0.15) is 36.6 Å². The summed E-state index contributed by atoms with van der Waals surface area (Å²) in [6.07, 6.45) is 2.15. The number of aromatic nitrogens is 2. The number of hydrogen-bond acceptors (Lipinski definition) is 2. The Bertz CT molecular complexity index is 613. The van der Waals surface area contributed by atoms with Gasteiger partial charge in [0.15, 0.2) is 0 Å². The zero-order valence-corrected chi connectivity index (χ0v) is 13.5. The van der Waals surface area contributed by atoms with Gasteiger partial charge in [-0.15, -0.1) is 0 Å². The molecule has 0 amide bonds. The lowest BCUT2D eigenvalue weighted by atomic mass is 9.78. The predicted octanol–water partition coefficient (Wildman–Crippen LogP) is 3.35. The molecule has 0 bridgehead atoms. The largest absolute Gasteiger partial charge is 0.298 e. The van der Waals surface area contributed by atoms with E-state index in [-0.39, 0.29) is 0 Å².